The maximum absolute atomic E-state index is 11.9. The average molecular weight is 371 g/mol. The molecule has 0 aromatic carbocycles. The Kier molecular flexibility index (Phi) is 4.14. The van der Waals surface area contributed by atoms with Crippen LogP contribution in [0.3, 0.4) is 0 Å². The smallest absolute Gasteiger partial charge is 0.343 e. The van der Waals surface area contributed by atoms with Gasteiger partial charge in [0, 0.05) is 11.3 Å². The van der Waals surface area contributed by atoms with E-state index in [9.17, 15) is 4.79 Å². The van der Waals surface area contributed by atoms with Crippen LogP contribution < -0.4 is 5.73 Å². The summed E-state index contributed by atoms with van der Waals surface area (Å²) in [6, 6.07) is 0. The van der Waals surface area contributed by atoms with Gasteiger partial charge in [0.2, 0.25) is 0 Å². The molecule has 0 aliphatic heterocycles. The van der Waals surface area contributed by atoms with Crippen molar-refractivity contribution in [1.29, 1.82) is 0 Å². The molecule has 1 atom stereocenters. The van der Waals surface area contributed by atoms with Gasteiger partial charge in [-0.25, -0.2) is 14.8 Å². The Morgan fingerprint density at radius 1 is 1.46 bits per heavy atom. The number of nitrogens with zero attached hydrogens (tertiary/aromatic N) is 4. The van der Waals surface area contributed by atoms with E-state index in [1.54, 1.807) is 16.0 Å². The number of ether oxygens (including phenoxy) is 1. The Morgan fingerprint density at radius 2 is 2.27 bits per heavy atom. The standard InChI is InChI=1S/C18H21N5O2S/c1-4-13-21-16(23-15(19)11(8-20-23)18(24)25-3)14-10-6-5-9(2)7-12(10)26-17(14)22-13/h8-9H,4-7,19H2,1-3H3/t9-/m1/s1. The summed E-state index contributed by atoms with van der Waals surface area (Å²) in [4.78, 5) is 23.7. The number of fused-ring (bicyclic) bond motifs is 3. The molecule has 0 bridgehead atoms. The first kappa shape index (κ1) is 17.0. The highest BCUT2D eigenvalue weighted by atomic mass is 32.1. The molecular weight excluding hydrogens is 350 g/mol. The normalized spacial score (nSPS) is 16.7. The van der Waals surface area contributed by atoms with Crippen LogP contribution in [0.15, 0.2) is 6.20 Å². The Bertz CT molecular complexity index is 1010. The van der Waals surface area contributed by atoms with E-state index in [2.05, 4.69) is 12.0 Å². The largest absolute Gasteiger partial charge is 0.465 e. The fraction of sp³-hybridized carbons (Fsp3) is 0.444. The molecule has 3 heterocycles. The summed E-state index contributed by atoms with van der Waals surface area (Å²) in [7, 11) is 1.33. The van der Waals surface area contributed by atoms with Crippen LogP contribution in [0.5, 0.6) is 0 Å². The number of esters is 1. The molecule has 4 rings (SSSR count). The van der Waals surface area contributed by atoms with Gasteiger partial charge < -0.3 is 10.5 Å². The Hall–Kier alpha value is -2.48. The highest BCUT2D eigenvalue weighted by molar-refractivity contribution is 7.18. The van der Waals surface area contributed by atoms with Crippen molar-refractivity contribution in [2.45, 2.75) is 39.5 Å². The van der Waals surface area contributed by atoms with Crippen molar-refractivity contribution in [2.24, 2.45) is 5.92 Å². The molecule has 0 saturated heterocycles. The van der Waals surface area contributed by atoms with E-state index in [4.69, 9.17) is 20.4 Å². The topological polar surface area (TPSA) is 95.9 Å². The van der Waals surface area contributed by atoms with Crippen molar-refractivity contribution in [3.8, 4) is 5.82 Å². The number of thiophene rings is 1. The van der Waals surface area contributed by atoms with Gasteiger partial charge >= 0.3 is 5.97 Å². The molecule has 8 heteroatoms. The summed E-state index contributed by atoms with van der Waals surface area (Å²) < 4.78 is 6.33. The number of rotatable bonds is 3. The Morgan fingerprint density at radius 3 is 3.00 bits per heavy atom. The summed E-state index contributed by atoms with van der Waals surface area (Å²) in [5.74, 6) is 1.82. The summed E-state index contributed by atoms with van der Waals surface area (Å²) >= 11 is 1.74. The average Bonchev–Trinajstić information content (AvgIpc) is 3.19. The van der Waals surface area contributed by atoms with Crippen LogP contribution in [0, 0.1) is 5.92 Å². The summed E-state index contributed by atoms with van der Waals surface area (Å²) in [5.41, 5.74) is 7.75. The first-order valence-corrected chi connectivity index (χ1v) is 9.58. The van der Waals surface area contributed by atoms with Crippen LogP contribution in [0.1, 0.15) is 46.9 Å². The summed E-state index contributed by atoms with van der Waals surface area (Å²) in [5, 5.41) is 5.34. The monoisotopic (exact) mass is 371 g/mol. The fourth-order valence-corrected chi connectivity index (χ4v) is 4.87. The van der Waals surface area contributed by atoms with E-state index in [0.29, 0.717) is 18.2 Å². The zero-order valence-electron chi connectivity index (χ0n) is 15.1. The molecule has 7 nitrogen and oxygen atoms in total. The predicted octanol–water partition coefficient (Wildman–Crippen LogP) is 2.93. The molecule has 136 valence electrons. The lowest BCUT2D eigenvalue weighted by Gasteiger charge is -2.18. The van der Waals surface area contributed by atoms with Gasteiger partial charge in [-0.05, 0) is 30.7 Å². The van der Waals surface area contributed by atoms with Gasteiger partial charge in [0.15, 0.2) is 5.82 Å². The SMILES string of the molecule is CCc1nc(-n2ncc(C(=O)OC)c2N)c2c3c(sc2n1)C[C@H](C)CC3. The second-order valence-corrected chi connectivity index (χ2v) is 7.78. The summed E-state index contributed by atoms with van der Waals surface area (Å²) in [6.07, 6.45) is 5.37. The molecule has 0 fully saturated rings. The number of carbonyl (C=O) groups is 1. The van der Waals surface area contributed by atoms with E-state index >= 15 is 0 Å². The first-order valence-electron chi connectivity index (χ1n) is 8.76. The van der Waals surface area contributed by atoms with Crippen molar-refractivity contribution in [3.05, 3.63) is 28.0 Å². The molecule has 3 aromatic rings. The number of aromatic nitrogens is 4. The second-order valence-electron chi connectivity index (χ2n) is 6.70. The molecular formula is C18H21N5O2S. The van der Waals surface area contributed by atoms with Gasteiger partial charge in [0.25, 0.3) is 0 Å². The molecule has 3 aromatic heterocycles. The molecule has 0 radical (unpaired) electrons. The maximum atomic E-state index is 11.9. The number of carbonyl (C=O) groups excluding carboxylic acids is 1. The van der Waals surface area contributed by atoms with Crippen molar-refractivity contribution < 1.29 is 9.53 Å². The van der Waals surface area contributed by atoms with Crippen LogP contribution in [0.4, 0.5) is 5.82 Å². The van der Waals surface area contributed by atoms with Gasteiger partial charge in [-0.3, -0.25) is 0 Å². The molecule has 1 aliphatic rings. The number of anilines is 1. The fourth-order valence-electron chi connectivity index (χ4n) is 3.47. The van der Waals surface area contributed by atoms with Gasteiger partial charge in [-0.15, -0.1) is 11.3 Å². The third kappa shape index (κ3) is 2.56. The minimum Gasteiger partial charge on any atom is -0.465 e. The van der Waals surface area contributed by atoms with Gasteiger partial charge in [0.1, 0.15) is 22.0 Å². The van der Waals surface area contributed by atoms with E-state index in [1.807, 2.05) is 6.92 Å². The highest BCUT2D eigenvalue weighted by Crippen LogP contribution is 2.39. The van der Waals surface area contributed by atoms with Gasteiger partial charge in [-0.2, -0.15) is 9.78 Å². The first-order chi connectivity index (χ1) is 12.5. The quantitative estimate of drug-likeness (QED) is 0.711. The molecule has 26 heavy (non-hydrogen) atoms. The number of hydrogen-bond donors (Lipinski definition) is 1. The molecule has 0 spiro atoms. The van der Waals surface area contributed by atoms with Crippen molar-refractivity contribution in [2.75, 3.05) is 12.8 Å². The molecule has 0 unspecified atom stereocenters. The van der Waals surface area contributed by atoms with Crippen molar-refractivity contribution in [3.63, 3.8) is 0 Å². The third-order valence-electron chi connectivity index (χ3n) is 4.91. The van der Waals surface area contributed by atoms with Gasteiger partial charge in [-0.1, -0.05) is 13.8 Å². The maximum Gasteiger partial charge on any atom is 0.343 e. The molecule has 1 aliphatic carbocycles. The number of nitrogens with two attached hydrogens (primary N) is 1. The minimum absolute atomic E-state index is 0.239. The zero-order chi connectivity index (χ0) is 18.4. The number of methoxy groups -OCH3 is 1. The van der Waals surface area contributed by atoms with E-state index in [1.165, 1.54) is 23.7 Å². The number of hydrogen-bond acceptors (Lipinski definition) is 7. The van der Waals surface area contributed by atoms with Crippen LogP contribution in [-0.4, -0.2) is 32.8 Å². The van der Waals surface area contributed by atoms with Crippen LogP contribution in [-0.2, 0) is 24.0 Å². The van der Waals surface area contributed by atoms with Crippen LogP contribution in [0.25, 0.3) is 16.0 Å². The predicted molar refractivity (Wildman–Crippen MR) is 101 cm³/mol. The highest BCUT2D eigenvalue weighted by Gasteiger charge is 2.26. The number of nitrogen functional groups attached to an aromatic ring is 1. The van der Waals surface area contributed by atoms with E-state index in [0.717, 1.165) is 35.3 Å². The van der Waals surface area contributed by atoms with Crippen molar-refractivity contribution in [1.82, 2.24) is 19.7 Å². The third-order valence-corrected chi connectivity index (χ3v) is 6.06. The lowest BCUT2D eigenvalue weighted by molar-refractivity contribution is 0.0602. The second kappa shape index (κ2) is 6.35. The van der Waals surface area contributed by atoms with E-state index < -0.39 is 5.97 Å². The van der Waals surface area contributed by atoms with Crippen LogP contribution in [0.2, 0.25) is 0 Å². The number of aryl methyl sites for hydroxylation is 2. The minimum atomic E-state index is -0.504. The molecule has 2 N–H and O–H groups in total. The van der Waals surface area contributed by atoms with Crippen LogP contribution >= 0.6 is 11.3 Å². The molecule has 0 saturated carbocycles. The van der Waals surface area contributed by atoms with Gasteiger partial charge in [0.05, 0.1) is 18.7 Å². The lowest BCUT2D eigenvalue weighted by atomic mass is 9.89. The molecule has 0 amide bonds. The Balaban J connectivity index is 1.97. The lowest BCUT2D eigenvalue weighted by Crippen LogP contribution is -2.12. The van der Waals surface area contributed by atoms with Crippen molar-refractivity contribution >= 4 is 33.3 Å². The van der Waals surface area contributed by atoms with E-state index in [-0.39, 0.29) is 11.4 Å². The zero-order valence-corrected chi connectivity index (χ0v) is 15.9. The Labute approximate surface area is 155 Å². The summed E-state index contributed by atoms with van der Waals surface area (Å²) in [6.45, 7) is 4.30.